The zero-order valence-corrected chi connectivity index (χ0v) is 18.6. The van der Waals surface area contributed by atoms with Gasteiger partial charge in [0.05, 0.1) is 11.1 Å². The Labute approximate surface area is 194 Å². The van der Waals surface area contributed by atoms with Crippen molar-refractivity contribution in [2.45, 2.75) is 38.1 Å². The molecule has 0 fully saturated rings. The van der Waals surface area contributed by atoms with Crippen LogP contribution >= 0.6 is 15.9 Å². The van der Waals surface area contributed by atoms with Crippen LogP contribution in [0.15, 0.2) is 34.0 Å². The molecule has 34 heavy (non-hydrogen) atoms. The van der Waals surface area contributed by atoms with Gasteiger partial charge in [-0.3, -0.25) is 9.36 Å². The van der Waals surface area contributed by atoms with Gasteiger partial charge in [-0.15, -0.1) is 0 Å². The number of hydrogen-bond acceptors (Lipinski definition) is 4. The quantitative estimate of drug-likeness (QED) is 0.299. The summed E-state index contributed by atoms with van der Waals surface area (Å²) in [6, 6.07) is 0.709. The molecule has 0 radical (unpaired) electrons. The number of aromatic nitrogens is 2. The molecule has 15 heteroatoms. The van der Waals surface area contributed by atoms with Crippen molar-refractivity contribution in [3.63, 3.8) is 0 Å². The van der Waals surface area contributed by atoms with E-state index in [0.717, 1.165) is 6.20 Å². The fourth-order valence-electron chi connectivity index (χ4n) is 2.74. The van der Waals surface area contributed by atoms with Gasteiger partial charge >= 0.3 is 18.5 Å². The molecular formula is C19H15BrF9N3O2. The molecule has 0 aliphatic carbocycles. The molecule has 188 valence electrons. The highest BCUT2D eigenvalue weighted by molar-refractivity contribution is 9.10. The fourth-order valence-corrected chi connectivity index (χ4v) is 3.24. The van der Waals surface area contributed by atoms with Crippen LogP contribution in [-0.4, -0.2) is 16.2 Å². The molecule has 1 aromatic heterocycles. The Morgan fingerprint density at radius 3 is 2.21 bits per heavy atom. The first kappa shape index (κ1) is 27.7. The van der Waals surface area contributed by atoms with E-state index in [9.17, 15) is 44.3 Å². The molecule has 0 saturated heterocycles. The van der Waals surface area contributed by atoms with Crippen molar-refractivity contribution < 1.29 is 44.3 Å². The summed E-state index contributed by atoms with van der Waals surface area (Å²) in [6.45, 7) is 4.58. The topological polar surface area (TPSA) is 56.1 Å². The minimum absolute atomic E-state index is 0.143. The number of hydrogen-bond donors (Lipinski definition) is 1. The number of nitrogens with zero attached hydrogens (tertiary/aromatic N) is 2. The summed E-state index contributed by atoms with van der Waals surface area (Å²) in [5.74, 6) is -0.898. The lowest BCUT2D eigenvalue weighted by atomic mass is 10.0. The van der Waals surface area contributed by atoms with Gasteiger partial charge in [-0.05, 0) is 34.5 Å². The van der Waals surface area contributed by atoms with Gasteiger partial charge in [-0.2, -0.15) is 39.5 Å². The molecule has 0 bridgehead atoms. The molecule has 1 aromatic carbocycles. The van der Waals surface area contributed by atoms with Crippen LogP contribution in [0, 0.1) is 0 Å². The highest BCUT2D eigenvalue weighted by Gasteiger charge is 2.41. The molecule has 5 nitrogen and oxygen atoms in total. The lowest BCUT2D eigenvalue weighted by molar-refractivity contribution is -0.144. The molecule has 1 N–H and O–H groups in total. The lowest BCUT2D eigenvalue weighted by Crippen LogP contribution is -2.29. The SMILES string of the molecule is C=Cn1c(NC(OCCC)c2ccc(C(F)(F)F)cc2C(F)(F)F)nc(C(F)(F)F)c(Br)c1=O. The second-order valence-corrected chi connectivity index (χ2v) is 7.44. The standard InChI is InChI=1S/C19H15BrF9N3O2/c1-3-7-34-14(10-6-5-9(17(21,22)23)8-11(10)18(24,25)26)31-16-30-13(19(27,28)29)12(20)15(33)32(16)4-2/h4-6,8,14H,2-3,7H2,1H3,(H,30,31). The normalized spacial score (nSPS) is 13.6. The average molecular weight is 568 g/mol. The molecule has 0 amide bonds. The van der Waals surface area contributed by atoms with Gasteiger partial charge in [-0.25, -0.2) is 4.98 Å². The monoisotopic (exact) mass is 567 g/mol. The summed E-state index contributed by atoms with van der Waals surface area (Å²) in [5, 5.41) is 2.16. The van der Waals surface area contributed by atoms with E-state index in [4.69, 9.17) is 4.74 Å². The Balaban J connectivity index is 2.74. The van der Waals surface area contributed by atoms with Crippen molar-refractivity contribution >= 4 is 28.1 Å². The average Bonchev–Trinajstić information content (AvgIpc) is 2.71. The van der Waals surface area contributed by atoms with Crippen LogP contribution in [-0.2, 0) is 23.3 Å². The van der Waals surface area contributed by atoms with Gasteiger partial charge in [0.15, 0.2) is 11.9 Å². The highest BCUT2D eigenvalue weighted by Crippen LogP contribution is 2.40. The number of alkyl halides is 9. The van der Waals surface area contributed by atoms with E-state index < -0.39 is 63.1 Å². The summed E-state index contributed by atoms with van der Waals surface area (Å²) >= 11 is 2.48. The Kier molecular flexibility index (Phi) is 8.13. The lowest BCUT2D eigenvalue weighted by Gasteiger charge is -2.25. The summed E-state index contributed by atoms with van der Waals surface area (Å²) < 4.78 is 125. The summed E-state index contributed by atoms with van der Waals surface area (Å²) in [4.78, 5) is 15.6. The minimum Gasteiger partial charge on any atom is -0.354 e. The second kappa shape index (κ2) is 9.98. The molecule has 2 aromatic rings. The van der Waals surface area contributed by atoms with E-state index >= 15 is 0 Å². The third-order valence-corrected chi connectivity index (χ3v) is 4.94. The zero-order chi connectivity index (χ0) is 26.1. The predicted molar refractivity (Wildman–Crippen MR) is 107 cm³/mol. The van der Waals surface area contributed by atoms with Crippen LogP contribution in [0.5, 0.6) is 0 Å². The van der Waals surface area contributed by atoms with E-state index in [-0.39, 0.29) is 19.1 Å². The number of nitrogens with one attached hydrogen (secondary N) is 1. The molecule has 1 atom stereocenters. The van der Waals surface area contributed by atoms with Crippen LogP contribution in [0.25, 0.3) is 6.20 Å². The highest BCUT2D eigenvalue weighted by atomic mass is 79.9. The van der Waals surface area contributed by atoms with Crippen LogP contribution in [0.3, 0.4) is 0 Å². The van der Waals surface area contributed by atoms with Crippen molar-refractivity contribution in [2.75, 3.05) is 11.9 Å². The zero-order valence-electron chi connectivity index (χ0n) is 17.0. The first-order valence-electron chi connectivity index (χ1n) is 9.20. The smallest absolute Gasteiger partial charge is 0.354 e. The third kappa shape index (κ3) is 6.11. The van der Waals surface area contributed by atoms with Crippen LogP contribution in [0.4, 0.5) is 45.5 Å². The minimum atomic E-state index is -5.28. The van der Waals surface area contributed by atoms with Crippen LogP contribution in [0.1, 0.15) is 42.0 Å². The van der Waals surface area contributed by atoms with Crippen molar-refractivity contribution in [1.82, 2.24) is 9.55 Å². The Hall–Kier alpha value is -2.55. The van der Waals surface area contributed by atoms with Crippen molar-refractivity contribution in [2.24, 2.45) is 0 Å². The molecule has 1 heterocycles. The number of benzene rings is 1. The van der Waals surface area contributed by atoms with Gasteiger partial charge in [0.2, 0.25) is 5.95 Å². The number of anilines is 1. The van der Waals surface area contributed by atoms with Gasteiger partial charge in [0.25, 0.3) is 5.56 Å². The molecule has 0 saturated carbocycles. The Morgan fingerprint density at radius 1 is 1.12 bits per heavy atom. The first-order valence-corrected chi connectivity index (χ1v) is 9.99. The maximum atomic E-state index is 13.6. The number of ether oxygens (including phenoxy) is 1. The predicted octanol–water partition coefficient (Wildman–Crippen LogP) is 6.70. The third-order valence-electron chi connectivity index (χ3n) is 4.23. The maximum absolute atomic E-state index is 13.6. The number of halogens is 10. The van der Waals surface area contributed by atoms with E-state index in [1.807, 2.05) is 0 Å². The van der Waals surface area contributed by atoms with Gasteiger partial charge < -0.3 is 10.1 Å². The molecule has 0 aliphatic rings. The Morgan fingerprint density at radius 2 is 1.74 bits per heavy atom. The molecule has 2 rings (SSSR count). The summed E-state index contributed by atoms with van der Waals surface area (Å²) in [5.41, 5.74) is -7.18. The van der Waals surface area contributed by atoms with Crippen molar-refractivity contribution in [3.05, 3.63) is 62.0 Å². The van der Waals surface area contributed by atoms with E-state index in [1.54, 1.807) is 6.92 Å². The fraction of sp³-hybridized carbons (Fsp3) is 0.368. The Bertz CT molecular complexity index is 1110. The van der Waals surface area contributed by atoms with E-state index in [0.29, 0.717) is 16.7 Å². The van der Waals surface area contributed by atoms with Crippen molar-refractivity contribution in [3.8, 4) is 0 Å². The first-order chi connectivity index (χ1) is 15.5. The maximum Gasteiger partial charge on any atom is 0.434 e. The summed E-state index contributed by atoms with van der Waals surface area (Å²) in [6.07, 6.45) is -16.5. The van der Waals surface area contributed by atoms with E-state index in [2.05, 4.69) is 32.8 Å². The second-order valence-electron chi connectivity index (χ2n) is 6.65. The van der Waals surface area contributed by atoms with Gasteiger partial charge in [0.1, 0.15) is 4.47 Å². The van der Waals surface area contributed by atoms with Gasteiger partial charge in [-0.1, -0.05) is 19.6 Å². The van der Waals surface area contributed by atoms with Crippen molar-refractivity contribution in [1.29, 1.82) is 0 Å². The summed E-state index contributed by atoms with van der Waals surface area (Å²) in [7, 11) is 0. The van der Waals surface area contributed by atoms with Crippen LogP contribution < -0.4 is 10.9 Å². The molecule has 1 unspecified atom stereocenters. The molecule has 0 spiro atoms. The largest absolute Gasteiger partial charge is 0.434 e. The van der Waals surface area contributed by atoms with E-state index in [1.165, 1.54) is 0 Å². The number of rotatable bonds is 7. The molecule has 0 aliphatic heterocycles. The molecular weight excluding hydrogens is 553 g/mol. The van der Waals surface area contributed by atoms with Crippen LogP contribution in [0.2, 0.25) is 0 Å². The van der Waals surface area contributed by atoms with Gasteiger partial charge in [0, 0.05) is 18.4 Å².